The molecule has 4 rings (SSSR count). The summed E-state index contributed by atoms with van der Waals surface area (Å²) >= 11 is 1.67. The standard InChI is InChI=1S/C23H26F2N2O3S/c1-14-7-8-21(15-5-3-2-4-6-15)31-27(14)11-16-9-20(25)18(10-19(16)24)22(23(26)28)30-17-12-29-13-17/h2-6,9-10,14,17,21-22H,7-8,11-13H2,1H3,(H2,26,28)/t14-,21+,22+/m0/s1. The number of benzene rings is 2. The molecule has 2 saturated heterocycles. The van der Waals surface area contributed by atoms with Gasteiger partial charge in [0.2, 0.25) is 0 Å². The first kappa shape index (κ1) is 22.2. The summed E-state index contributed by atoms with van der Waals surface area (Å²) in [4.78, 5) is 11.8. The van der Waals surface area contributed by atoms with Crippen LogP contribution in [0.3, 0.4) is 0 Å². The molecule has 0 aliphatic carbocycles. The van der Waals surface area contributed by atoms with Crippen molar-refractivity contribution in [1.29, 1.82) is 0 Å². The summed E-state index contributed by atoms with van der Waals surface area (Å²) in [5, 5.41) is 0.280. The molecule has 2 aromatic carbocycles. The molecule has 1 amide bonds. The molecule has 5 nitrogen and oxygen atoms in total. The molecule has 166 valence electrons. The number of primary amides is 1. The molecule has 0 unspecified atom stereocenters. The van der Waals surface area contributed by atoms with Crippen molar-refractivity contribution < 1.29 is 23.0 Å². The van der Waals surface area contributed by atoms with Gasteiger partial charge in [-0.3, -0.25) is 4.79 Å². The van der Waals surface area contributed by atoms with Crippen LogP contribution in [0.1, 0.15) is 47.8 Å². The Labute approximate surface area is 185 Å². The smallest absolute Gasteiger partial charge is 0.251 e. The molecule has 31 heavy (non-hydrogen) atoms. The molecule has 2 aliphatic heterocycles. The molecule has 2 fully saturated rings. The summed E-state index contributed by atoms with van der Waals surface area (Å²) in [5.74, 6) is -2.13. The monoisotopic (exact) mass is 448 g/mol. The van der Waals surface area contributed by atoms with Crippen molar-refractivity contribution in [2.45, 2.75) is 49.8 Å². The third kappa shape index (κ3) is 5.09. The van der Waals surface area contributed by atoms with E-state index in [1.54, 1.807) is 11.9 Å². The van der Waals surface area contributed by atoms with Crippen LogP contribution < -0.4 is 5.73 Å². The van der Waals surface area contributed by atoms with Crippen LogP contribution in [0.15, 0.2) is 42.5 Å². The number of rotatable bonds is 7. The van der Waals surface area contributed by atoms with E-state index in [0.29, 0.717) is 13.2 Å². The fourth-order valence-electron chi connectivity index (χ4n) is 3.82. The highest BCUT2D eigenvalue weighted by molar-refractivity contribution is 7.97. The van der Waals surface area contributed by atoms with Gasteiger partial charge in [0.25, 0.3) is 5.91 Å². The van der Waals surface area contributed by atoms with Gasteiger partial charge in [-0.15, -0.1) is 0 Å². The summed E-state index contributed by atoms with van der Waals surface area (Å²) in [6.45, 7) is 2.96. The number of amides is 1. The lowest BCUT2D eigenvalue weighted by Gasteiger charge is -2.37. The molecular formula is C23H26F2N2O3S. The van der Waals surface area contributed by atoms with Gasteiger partial charge in [-0.1, -0.05) is 42.3 Å². The van der Waals surface area contributed by atoms with Gasteiger partial charge >= 0.3 is 0 Å². The lowest BCUT2D eigenvalue weighted by Crippen LogP contribution is -2.40. The Morgan fingerprint density at radius 2 is 1.97 bits per heavy atom. The second kappa shape index (κ2) is 9.65. The third-order valence-corrected chi connectivity index (χ3v) is 7.26. The second-order valence-electron chi connectivity index (χ2n) is 8.05. The second-order valence-corrected chi connectivity index (χ2v) is 9.30. The van der Waals surface area contributed by atoms with Crippen LogP contribution in [0.4, 0.5) is 8.78 Å². The molecule has 2 aliphatic rings. The van der Waals surface area contributed by atoms with Gasteiger partial charge < -0.3 is 15.2 Å². The van der Waals surface area contributed by atoms with Crippen molar-refractivity contribution in [2.75, 3.05) is 13.2 Å². The van der Waals surface area contributed by atoms with E-state index in [4.69, 9.17) is 15.2 Å². The maximum Gasteiger partial charge on any atom is 0.251 e. The lowest BCUT2D eigenvalue weighted by molar-refractivity contribution is -0.167. The van der Waals surface area contributed by atoms with Gasteiger partial charge in [0.05, 0.1) is 13.2 Å². The molecule has 0 aromatic heterocycles. The van der Waals surface area contributed by atoms with E-state index in [2.05, 4.69) is 23.4 Å². The van der Waals surface area contributed by atoms with E-state index in [0.717, 1.165) is 25.0 Å². The van der Waals surface area contributed by atoms with Crippen LogP contribution in [0.5, 0.6) is 0 Å². The number of halogens is 2. The van der Waals surface area contributed by atoms with Gasteiger partial charge in [0.1, 0.15) is 17.7 Å². The van der Waals surface area contributed by atoms with Crippen molar-refractivity contribution in [3.63, 3.8) is 0 Å². The summed E-state index contributed by atoms with van der Waals surface area (Å²) in [7, 11) is 0. The molecule has 0 spiro atoms. The minimum atomic E-state index is -1.34. The first-order valence-electron chi connectivity index (χ1n) is 10.4. The molecule has 3 atom stereocenters. The predicted octanol–water partition coefficient (Wildman–Crippen LogP) is 4.28. The van der Waals surface area contributed by atoms with Gasteiger partial charge in [0.15, 0.2) is 6.10 Å². The summed E-state index contributed by atoms with van der Waals surface area (Å²) in [6, 6.07) is 12.6. The molecular weight excluding hydrogens is 422 g/mol. The van der Waals surface area contributed by atoms with Crippen molar-refractivity contribution in [3.8, 4) is 0 Å². The fraction of sp³-hybridized carbons (Fsp3) is 0.435. The normalized spacial score (nSPS) is 23.3. The topological polar surface area (TPSA) is 64.8 Å². The van der Waals surface area contributed by atoms with Gasteiger partial charge in [-0.25, -0.2) is 13.1 Å². The third-order valence-electron chi connectivity index (χ3n) is 5.74. The maximum atomic E-state index is 15.0. The Morgan fingerprint density at radius 1 is 1.23 bits per heavy atom. The van der Waals surface area contributed by atoms with Gasteiger partial charge in [0, 0.05) is 29.0 Å². The number of carbonyl (C=O) groups excluding carboxylic acids is 1. The molecule has 0 radical (unpaired) electrons. The number of ether oxygens (including phenoxy) is 2. The highest BCUT2D eigenvalue weighted by atomic mass is 32.2. The molecule has 2 heterocycles. The SMILES string of the molecule is C[C@H]1CC[C@H](c2ccccc2)SN1Cc1cc(F)c([C@@H](OC2COC2)C(N)=O)cc1F. The Bertz CT molecular complexity index is 927. The Morgan fingerprint density at radius 3 is 2.61 bits per heavy atom. The van der Waals surface area contributed by atoms with Gasteiger partial charge in [-0.2, -0.15) is 0 Å². The van der Waals surface area contributed by atoms with E-state index in [1.165, 1.54) is 5.56 Å². The van der Waals surface area contributed by atoms with Crippen LogP contribution in [0.25, 0.3) is 0 Å². The minimum absolute atomic E-state index is 0.179. The van der Waals surface area contributed by atoms with E-state index < -0.39 is 23.6 Å². The highest BCUT2D eigenvalue weighted by Crippen LogP contribution is 2.43. The van der Waals surface area contributed by atoms with Crippen LogP contribution in [-0.2, 0) is 20.8 Å². The number of hydrogen-bond acceptors (Lipinski definition) is 5. The zero-order valence-electron chi connectivity index (χ0n) is 17.3. The zero-order chi connectivity index (χ0) is 22.0. The van der Waals surface area contributed by atoms with E-state index in [1.807, 2.05) is 18.2 Å². The first-order valence-corrected chi connectivity index (χ1v) is 11.2. The highest BCUT2D eigenvalue weighted by Gasteiger charge is 2.32. The van der Waals surface area contributed by atoms with Crippen LogP contribution >= 0.6 is 11.9 Å². The molecule has 0 bridgehead atoms. The number of nitrogens with zero attached hydrogens (tertiary/aromatic N) is 1. The van der Waals surface area contributed by atoms with Crippen molar-refractivity contribution >= 4 is 17.9 Å². The molecule has 2 N–H and O–H groups in total. The van der Waals surface area contributed by atoms with Crippen LogP contribution in [0, 0.1) is 11.6 Å². The number of hydrogen-bond donors (Lipinski definition) is 1. The first-order chi connectivity index (χ1) is 14.9. The Hall–Kier alpha value is -2.00. The quantitative estimate of drug-likeness (QED) is 0.641. The minimum Gasteiger partial charge on any atom is -0.376 e. The van der Waals surface area contributed by atoms with Crippen molar-refractivity contribution in [3.05, 3.63) is 70.8 Å². The van der Waals surface area contributed by atoms with Crippen molar-refractivity contribution in [1.82, 2.24) is 4.31 Å². The van der Waals surface area contributed by atoms with E-state index in [-0.39, 0.29) is 35.1 Å². The maximum absolute atomic E-state index is 15.0. The van der Waals surface area contributed by atoms with Crippen molar-refractivity contribution in [2.24, 2.45) is 5.73 Å². The summed E-state index contributed by atoms with van der Waals surface area (Å²) in [5.41, 5.74) is 6.68. The zero-order valence-corrected chi connectivity index (χ0v) is 18.1. The van der Waals surface area contributed by atoms with E-state index in [9.17, 15) is 13.6 Å². The summed E-state index contributed by atoms with van der Waals surface area (Å²) < 4.78 is 42.5. The average molecular weight is 449 g/mol. The summed E-state index contributed by atoms with van der Waals surface area (Å²) in [6.07, 6.45) is 0.309. The predicted molar refractivity (Wildman–Crippen MR) is 115 cm³/mol. The number of carbonyl (C=O) groups is 1. The molecule has 2 aromatic rings. The Kier molecular flexibility index (Phi) is 6.91. The van der Waals surface area contributed by atoms with E-state index >= 15 is 0 Å². The largest absolute Gasteiger partial charge is 0.376 e. The Balaban J connectivity index is 1.51. The van der Waals surface area contributed by atoms with Gasteiger partial charge in [-0.05, 0) is 37.5 Å². The fourth-order valence-corrected chi connectivity index (χ4v) is 5.19. The van der Waals surface area contributed by atoms with Crippen LogP contribution in [0.2, 0.25) is 0 Å². The molecule has 8 heteroatoms. The lowest BCUT2D eigenvalue weighted by atomic mass is 10.0. The van der Waals surface area contributed by atoms with Crippen LogP contribution in [-0.4, -0.2) is 35.6 Å². The average Bonchev–Trinajstić information content (AvgIpc) is 2.72. The molecule has 0 saturated carbocycles. The number of nitrogens with two attached hydrogens (primary N) is 1.